The quantitative estimate of drug-likeness (QED) is 0.511. The third-order valence-electron chi connectivity index (χ3n) is 5.96. The molecule has 3 aromatic rings. The summed E-state index contributed by atoms with van der Waals surface area (Å²) in [6.45, 7) is 10.4. The number of nitrogens with one attached hydrogen (secondary N) is 1. The zero-order valence-electron chi connectivity index (χ0n) is 20.1. The second-order valence-corrected chi connectivity index (χ2v) is 10.7. The van der Waals surface area contributed by atoms with Gasteiger partial charge in [0.25, 0.3) is 5.91 Å². The molecule has 5 nitrogen and oxygen atoms in total. The molecule has 33 heavy (non-hydrogen) atoms. The van der Waals surface area contributed by atoms with Gasteiger partial charge in [-0.15, -0.1) is 0 Å². The third-order valence-corrected chi connectivity index (χ3v) is 7.10. The number of hydrogen-bond donors (Lipinski definition) is 1. The van der Waals surface area contributed by atoms with Crippen molar-refractivity contribution in [3.05, 3.63) is 99.6 Å². The van der Waals surface area contributed by atoms with Crippen molar-refractivity contribution in [3.8, 4) is 0 Å². The molecular formula is C27H32N2O3S. The predicted octanol–water partition coefficient (Wildman–Crippen LogP) is 5.38. The lowest BCUT2D eigenvalue weighted by Gasteiger charge is -2.23. The molecule has 6 heteroatoms. The highest BCUT2D eigenvalue weighted by molar-refractivity contribution is 7.92. The Balaban J connectivity index is 1.78. The average Bonchev–Trinajstić information content (AvgIpc) is 2.75. The van der Waals surface area contributed by atoms with Crippen LogP contribution in [0.15, 0.2) is 60.7 Å². The van der Waals surface area contributed by atoms with Gasteiger partial charge in [0.05, 0.1) is 24.5 Å². The number of hydrogen-bond acceptors (Lipinski definition) is 3. The second-order valence-electron chi connectivity index (χ2n) is 8.79. The maximum atomic E-state index is 12.8. The topological polar surface area (TPSA) is 66.5 Å². The number of anilines is 1. The number of sulfonamides is 1. The van der Waals surface area contributed by atoms with Crippen LogP contribution in [0.3, 0.4) is 0 Å². The van der Waals surface area contributed by atoms with Gasteiger partial charge in [0.15, 0.2) is 0 Å². The van der Waals surface area contributed by atoms with Gasteiger partial charge in [-0.2, -0.15) is 0 Å². The monoisotopic (exact) mass is 464 g/mol. The van der Waals surface area contributed by atoms with Gasteiger partial charge in [-0.1, -0.05) is 42.0 Å². The zero-order chi connectivity index (χ0) is 24.3. The van der Waals surface area contributed by atoms with Crippen molar-refractivity contribution < 1.29 is 13.2 Å². The maximum absolute atomic E-state index is 12.8. The Morgan fingerprint density at radius 1 is 0.879 bits per heavy atom. The molecule has 1 N–H and O–H groups in total. The molecular weight excluding hydrogens is 432 g/mol. The summed E-state index contributed by atoms with van der Waals surface area (Å²) in [5.41, 5.74) is 7.66. The summed E-state index contributed by atoms with van der Waals surface area (Å²) < 4.78 is 26.3. The molecule has 0 saturated heterocycles. The second kappa shape index (κ2) is 9.79. The predicted molar refractivity (Wildman–Crippen MR) is 135 cm³/mol. The Hall–Kier alpha value is -3.12. The fourth-order valence-corrected chi connectivity index (χ4v) is 4.73. The first-order valence-electron chi connectivity index (χ1n) is 11.0. The molecule has 0 unspecified atom stereocenters. The van der Waals surface area contributed by atoms with E-state index in [0.717, 1.165) is 22.3 Å². The summed E-state index contributed by atoms with van der Waals surface area (Å²) in [5, 5.41) is 3.05. The molecule has 0 aliphatic heterocycles. The summed E-state index contributed by atoms with van der Waals surface area (Å²) in [6.07, 6.45) is 1.19. The van der Waals surface area contributed by atoms with E-state index >= 15 is 0 Å². The van der Waals surface area contributed by atoms with E-state index in [4.69, 9.17) is 0 Å². The standard InChI is InChI=1S/C27H32N2O3S/c1-18-7-9-23(10-8-18)17-29(33(6,31)32)25-13-11-24(12-14-25)27(30)28-22(5)26-16-20(3)19(2)15-21(26)4/h7-16,22H,17H2,1-6H3,(H,28,30)/t22-/m0/s1. The Bertz CT molecular complexity index is 1250. The van der Waals surface area contributed by atoms with Gasteiger partial charge in [0.1, 0.15) is 0 Å². The van der Waals surface area contributed by atoms with E-state index in [2.05, 4.69) is 31.3 Å². The van der Waals surface area contributed by atoms with Crippen molar-refractivity contribution in [1.82, 2.24) is 5.32 Å². The van der Waals surface area contributed by atoms with Gasteiger partial charge in [0, 0.05) is 5.56 Å². The van der Waals surface area contributed by atoms with Crippen molar-refractivity contribution in [2.45, 2.75) is 47.2 Å². The fraction of sp³-hybridized carbons (Fsp3) is 0.296. The number of rotatable bonds is 7. The van der Waals surface area contributed by atoms with Crippen LogP contribution >= 0.6 is 0 Å². The maximum Gasteiger partial charge on any atom is 0.251 e. The molecule has 3 rings (SSSR count). The molecule has 1 atom stereocenters. The summed E-state index contributed by atoms with van der Waals surface area (Å²) in [7, 11) is -3.49. The van der Waals surface area contributed by atoms with E-state index in [1.54, 1.807) is 24.3 Å². The number of carbonyl (C=O) groups excluding carboxylic acids is 1. The molecule has 0 radical (unpaired) electrons. The first-order valence-corrected chi connectivity index (χ1v) is 12.8. The molecule has 0 aliphatic rings. The summed E-state index contributed by atoms with van der Waals surface area (Å²) in [5.74, 6) is -0.198. The molecule has 174 valence electrons. The lowest BCUT2D eigenvalue weighted by molar-refractivity contribution is 0.0940. The van der Waals surface area contributed by atoms with Crippen molar-refractivity contribution in [2.75, 3.05) is 10.6 Å². The van der Waals surface area contributed by atoms with Crippen LogP contribution in [0.2, 0.25) is 0 Å². The van der Waals surface area contributed by atoms with Gasteiger partial charge < -0.3 is 5.32 Å². The highest BCUT2D eigenvalue weighted by Gasteiger charge is 2.19. The lowest BCUT2D eigenvalue weighted by atomic mass is 9.96. The molecule has 3 aromatic carbocycles. The molecule has 0 fully saturated rings. The Labute approximate surface area is 197 Å². The van der Waals surface area contributed by atoms with E-state index in [9.17, 15) is 13.2 Å². The minimum Gasteiger partial charge on any atom is -0.346 e. The minimum atomic E-state index is -3.49. The highest BCUT2D eigenvalue weighted by atomic mass is 32.2. The van der Waals surface area contributed by atoms with Crippen LogP contribution in [0.1, 0.15) is 56.7 Å². The molecule has 0 saturated carbocycles. The number of carbonyl (C=O) groups is 1. The van der Waals surface area contributed by atoms with E-state index in [-0.39, 0.29) is 18.5 Å². The molecule has 0 spiro atoms. The number of amides is 1. The third kappa shape index (κ3) is 6.02. The van der Waals surface area contributed by atoms with Crippen LogP contribution in [-0.2, 0) is 16.6 Å². The largest absolute Gasteiger partial charge is 0.346 e. The lowest BCUT2D eigenvalue weighted by Crippen LogP contribution is -2.30. The minimum absolute atomic E-state index is 0.148. The Morgan fingerprint density at radius 2 is 1.45 bits per heavy atom. The number of aryl methyl sites for hydroxylation is 4. The van der Waals surface area contributed by atoms with Crippen LogP contribution in [0.25, 0.3) is 0 Å². The van der Waals surface area contributed by atoms with Crippen LogP contribution < -0.4 is 9.62 Å². The zero-order valence-corrected chi connectivity index (χ0v) is 21.0. The molecule has 0 aromatic heterocycles. The van der Waals surface area contributed by atoms with Crippen molar-refractivity contribution >= 4 is 21.6 Å². The molecule has 0 heterocycles. The van der Waals surface area contributed by atoms with Gasteiger partial charge in [-0.05, 0) is 86.7 Å². The van der Waals surface area contributed by atoms with Gasteiger partial charge in [0.2, 0.25) is 10.0 Å². The van der Waals surface area contributed by atoms with Crippen LogP contribution in [0.4, 0.5) is 5.69 Å². The first kappa shape index (κ1) is 24.5. The van der Waals surface area contributed by atoms with Crippen molar-refractivity contribution in [2.24, 2.45) is 0 Å². The van der Waals surface area contributed by atoms with Crippen LogP contribution in [0.5, 0.6) is 0 Å². The normalized spacial score (nSPS) is 12.3. The van der Waals surface area contributed by atoms with Crippen molar-refractivity contribution in [1.29, 1.82) is 0 Å². The summed E-state index contributed by atoms with van der Waals surface area (Å²) >= 11 is 0. The Kier molecular flexibility index (Phi) is 7.28. The van der Waals surface area contributed by atoms with Gasteiger partial charge in [-0.3, -0.25) is 9.10 Å². The van der Waals surface area contributed by atoms with E-state index in [1.807, 2.05) is 45.0 Å². The van der Waals surface area contributed by atoms with E-state index < -0.39 is 10.0 Å². The van der Waals surface area contributed by atoms with E-state index in [0.29, 0.717) is 11.3 Å². The average molecular weight is 465 g/mol. The summed E-state index contributed by atoms with van der Waals surface area (Å²) in [4.78, 5) is 12.8. The number of nitrogens with zero attached hydrogens (tertiary/aromatic N) is 1. The van der Waals surface area contributed by atoms with Gasteiger partial charge >= 0.3 is 0 Å². The Morgan fingerprint density at radius 3 is 2.03 bits per heavy atom. The van der Waals surface area contributed by atoms with Gasteiger partial charge in [-0.25, -0.2) is 8.42 Å². The highest BCUT2D eigenvalue weighted by Crippen LogP contribution is 2.24. The van der Waals surface area contributed by atoms with Crippen LogP contribution in [-0.4, -0.2) is 20.6 Å². The molecule has 1 amide bonds. The first-order chi connectivity index (χ1) is 15.5. The van der Waals surface area contributed by atoms with E-state index in [1.165, 1.54) is 21.7 Å². The summed E-state index contributed by atoms with van der Waals surface area (Å²) in [6, 6.07) is 18.6. The van der Waals surface area contributed by atoms with Crippen LogP contribution in [0, 0.1) is 27.7 Å². The fourth-order valence-electron chi connectivity index (χ4n) is 3.85. The molecule has 0 aliphatic carbocycles. The SMILES string of the molecule is Cc1ccc(CN(c2ccc(C(=O)N[C@@H](C)c3cc(C)c(C)cc3C)cc2)S(C)(=O)=O)cc1. The number of benzene rings is 3. The molecule has 0 bridgehead atoms. The smallest absolute Gasteiger partial charge is 0.251 e. The van der Waals surface area contributed by atoms with Crippen molar-refractivity contribution in [3.63, 3.8) is 0 Å².